The second kappa shape index (κ2) is 2.94. The molecule has 1 N–H and O–H groups in total. The molecule has 0 aromatic carbocycles. The van der Waals surface area contributed by atoms with Gasteiger partial charge in [0.1, 0.15) is 0 Å². The molecule has 1 aromatic rings. The normalized spacial score (nSPS) is 11.8. The Balaban J connectivity index is 3.33. The molecule has 4 heteroatoms. The zero-order valence-corrected chi connectivity index (χ0v) is 8.75. The van der Waals surface area contributed by atoms with Crippen LogP contribution in [0.5, 0.6) is 11.8 Å². The Morgan fingerprint density at radius 2 is 1.92 bits per heavy atom. The Hall–Kier alpha value is -1.19. The van der Waals surface area contributed by atoms with Gasteiger partial charge in [-0.3, -0.25) is 0 Å². The van der Waals surface area contributed by atoms with Crippen molar-refractivity contribution in [1.82, 2.24) is 9.78 Å². The Morgan fingerprint density at radius 3 is 2.23 bits per heavy atom. The van der Waals surface area contributed by atoms with Crippen molar-refractivity contribution in [2.45, 2.75) is 26.2 Å². The molecule has 0 aliphatic carbocycles. The lowest BCUT2D eigenvalue weighted by Gasteiger charge is -2.17. The number of hydrogen-bond donors (Lipinski definition) is 1. The van der Waals surface area contributed by atoms with E-state index >= 15 is 0 Å². The van der Waals surface area contributed by atoms with Crippen LogP contribution in [0.15, 0.2) is 0 Å². The fourth-order valence-corrected chi connectivity index (χ4v) is 1.29. The maximum Gasteiger partial charge on any atom is 0.240 e. The highest BCUT2D eigenvalue weighted by atomic mass is 16.5. The highest BCUT2D eigenvalue weighted by Gasteiger charge is 2.27. The van der Waals surface area contributed by atoms with Gasteiger partial charge < -0.3 is 9.84 Å². The average molecular weight is 184 g/mol. The van der Waals surface area contributed by atoms with Crippen LogP contribution < -0.4 is 4.74 Å². The lowest BCUT2D eigenvalue weighted by atomic mass is 9.88. The first kappa shape index (κ1) is 9.89. The van der Waals surface area contributed by atoms with Crippen LogP contribution >= 0.6 is 0 Å². The molecular weight excluding hydrogens is 168 g/mol. The summed E-state index contributed by atoms with van der Waals surface area (Å²) in [5.41, 5.74) is 0.585. The highest BCUT2D eigenvalue weighted by molar-refractivity contribution is 5.40. The molecule has 0 unspecified atom stereocenters. The Bertz CT molecular complexity index is 310. The molecule has 0 aliphatic rings. The van der Waals surface area contributed by atoms with Gasteiger partial charge in [0.05, 0.1) is 12.7 Å². The minimum Gasteiger partial charge on any atom is -0.493 e. The summed E-state index contributed by atoms with van der Waals surface area (Å²) in [6.45, 7) is 6.02. The SMILES string of the molecule is COc1nn(C)c(O)c1C(C)(C)C. The van der Waals surface area contributed by atoms with Gasteiger partial charge in [-0.1, -0.05) is 20.8 Å². The molecule has 0 saturated heterocycles. The summed E-state index contributed by atoms with van der Waals surface area (Å²) < 4.78 is 6.50. The number of nitrogens with zero attached hydrogens (tertiary/aromatic N) is 2. The summed E-state index contributed by atoms with van der Waals surface area (Å²) >= 11 is 0. The van der Waals surface area contributed by atoms with Crippen LogP contribution in [0.25, 0.3) is 0 Å². The number of methoxy groups -OCH3 is 1. The van der Waals surface area contributed by atoms with Crippen LogP contribution in [0.3, 0.4) is 0 Å². The summed E-state index contributed by atoms with van der Waals surface area (Å²) in [6.07, 6.45) is 0. The van der Waals surface area contributed by atoms with E-state index in [1.807, 2.05) is 20.8 Å². The van der Waals surface area contributed by atoms with Crippen LogP contribution in [-0.2, 0) is 12.5 Å². The van der Waals surface area contributed by atoms with Crippen molar-refractivity contribution in [1.29, 1.82) is 0 Å². The monoisotopic (exact) mass is 184 g/mol. The molecule has 1 aromatic heterocycles. The van der Waals surface area contributed by atoms with Gasteiger partial charge in [-0.15, -0.1) is 5.10 Å². The minimum atomic E-state index is -0.163. The molecule has 0 bridgehead atoms. The van der Waals surface area contributed by atoms with Crippen LogP contribution in [-0.4, -0.2) is 22.0 Å². The highest BCUT2D eigenvalue weighted by Crippen LogP contribution is 2.37. The average Bonchev–Trinajstić information content (AvgIpc) is 2.26. The molecule has 1 rings (SSSR count). The van der Waals surface area contributed by atoms with E-state index < -0.39 is 0 Å². The quantitative estimate of drug-likeness (QED) is 0.718. The lowest BCUT2D eigenvalue weighted by Crippen LogP contribution is -2.11. The molecule has 0 spiro atoms. The second-order valence-electron chi connectivity index (χ2n) is 4.08. The van der Waals surface area contributed by atoms with Crippen LogP contribution in [0.1, 0.15) is 26.3 Å². The third-order valence-corrected chi connectivity index (χ3v) is 1.93. The molecule has 74 valence electrons. The van der Waals surface area contributed by atoms with E-state index in [9.17, 15) is 5.11 Å². The fourth-order valence-electron chi connectivity index (χ4n) is 1.29. The number of rotatable bonds is 1. The van der Waals surface area contributed by atoms with Gasteiger partial charge >= 0.3 is 0 Å². The molecular formula is C9H16N2O2. The van der Waals surface area contributed by atoms with Crippen molar-refractivity contribution < 1.29 is 9.84 Å². The lowest BCUT2D eigenvalue weighted by molar-refractivity contribution is 0.378. The van der Waals surface area contributed by atoms with Crippen molar-refractivity contribution in [3.8, 4) is 11.8 Å². The Labute approximate surface area is 78.1 Å². The van der Waals surface area contributed by atoms with Crippen molar-refractivity contribution >= 4 is 0 Å². The summed E-state index contributed by atoms with van der Waals surface area (Å²) in [4.78, 5) is 0. The van der Waals surface area contributed by atoms with Gasteiger partial charge in [-0.2, -0.15) is 0 Å². The number of aromatic hydroxyl groups is 1. The maximum absolute atomic E-state index is 9.71. The first-order valence-electron chi connectivity index (χ1n) is 4.18. The van der Waals surface area contributed by atoms with E-state index in [4.69, 9.17) is 4.74 Å². The number of hydrogen-bond acceptors (Lipinski definition) is 3. The predicted octanol–water partition coefficient (Wildman–Crippen LogP) is 1.43. The van der Waals surface area contributed by atoms with Gasteiger partial charge in [0.2, 0.25) is 11.8 Å². The molecule has 4 nitrogen and oxygen atoms in total. The molecule has 0 fully saturated rings. The molecule has 0 saturated carbocycles. The third kappa shape index (κ3) is 1.61. The topological polar surface area (TPSA) is 47.3 Å². The van der Waals surface area contributed by atoms with Gasteiger partial charge in [0, 0.05) is 7.05 Å². The first-order valence-corrected chi connectivity index (χ1v) is 4.18. The zero-order valence-electron chi connectivity index (χ0n) is 8.75. The zero-order chi connectivity index (χ0) is 10.2. The number of aromatic nitrogens is 2. The number of ether oxygens (including phenoxy) is 1. The van der Waals surface area contributed by atoms with E-state index in [0.717, 1.165) is 5.56 Å². The van der Waals surface area contributed by atoms with E-state index in [0.29, 0.717) is 5.88 Å². The van der Waals surface area contributed by atoms with Crippen LogP contribution in [0, 0.1) is 0 Å². The Kier molecular flexibility index (Phi) is 2.24. The van der Waals surface area contributed by atoms with Gasteiger partial charge in [-0.25, -0.2) is 4.68 Å². The minimum absolute atomic E-state index is 0.163. The molecule has 0 aliphatic heterocycles. The summed E-state index contributed by atoms with van der Waals surface area (Å²) in [6, 6.07) is 0. The number of aryl methyl sites for hydroxylation is 1. The summed E-state index contributed by atoms with van der Waals surface area (Å²) in [5, 5.41) is 13.7. The van der Waals surface area contributed by atoms with Crippen molar-refractivity contribution in [3.63, 3.8) is 0 Å². The summed E-state index contributed by atoms with van der Waals surface area (Å²) in [5.74, 6) is 0.664. The van der Waals surface area contributed by atoms with Gasteiger partial charge in [0.15, 0.2) is 0 Å². The predicted molar refractivity (Wildman–Crippen MR) is 50.1 cm³/mol. The first-order chi connectivity index (χ1) is 5.88. The smallest absolute Gasteiger partial charge is 0.240 e. The molecule has 13 heavy (non-hydrogen) atoms. The van der Waals surface area contributed by atoms with E-state index in [1.54, 1.807) is 14.2 Å². The molecule has 0 amide bonds. The van der Waals surface area contributed by atoms with E-state index in [2.05, 4.69) is 5.10 Å². The van der Waals surface area contributed by atoms with Gasteiger partial charge in [-0.05, 0) is 5.41 Å². The van der Waals surface area contributed by atoms with Crippen molar-refractivity contribution in [2.24, 2.45) is 7.05 Å². The van der Waals surface area contributed by atoms with Crippen molar-refractivity contribution in [3.05, 3.63) is 5.56 Å². The van der Waals surface area contributed by atoms with E-state index in [1.165, 1.54) is 4.68 Å². The summed E-state index contributed by atoms with van der Waals surface area (Å²) in [7, 11) is 3.24. The third-order valence-electron chi connectivity index (χ3n) is 1.93. The standard InChI is InChI=1S/C9H16N2O2/c1-9(2,3)6-7(13-5)10-11(4)8(6)12/h12H,1-5H3. The van der Waals surface area contributed by atoms with Gasteiger partial charge in [0.25, 0.3) is 0 Å². The molecule has 1 heterocycles. The van der Waals surface area contributed by atoms with Crippen LogP contribution in [0.4, 0.5) is 0 Å². The second-order valence-corrected chi connectivity index (χ2v) is 4.08. The van der Waals surface area contributed by atoms with Crippen molar-refractivity contribution in [2.75, 3.05) is 7.11 Å². The largest absolute Gasteiger partial charge is 0.493 e. The fraction of sp³-hybridized carbons (Fsp3) is 0.667. The van der Waals surface area contributed by atoms with Crippen LogP contribution in [0.2, 0.25) is 0 Å². The molecule has 0 atom stereocenters. The Morgan fingerprint density at radius 1 is 1.38 bits per heavy atom. The van der Waals surface area contributed by atoms with E-state index in [-0.39, 0.29) is 11.3 Å². The maximum atomic E-state index is 9.71. The molecule has 0 radical (unpaired) electrons.